The molecule has 0 bridgehead atoms. The topological polar surface area (TPSA) is 49.9 Å². The lowest BCUT2D eigenvalue weighted by atomic mass is 10.1. The Hall–Kier alpha value is -2.21. The summed E-state index contributed by atoms with van der Waals surface area (Å²) < 4.78 is 19.1. The lowest BCUT2D eigenvalue weighted by Crippen LogP contribution is -2.53. The molecule has 0 N–H and O–H groups in total. The third-order valence-corrected chi connectivity index (χ3v) is 5.29. The molecule has 5 nitrogen and oxygen atoms in total. The first-order valence-electron chi connectivity index (χ1n) is 8.71. The highest BCUT2D eigenvalue weighted by Crippen LogP contribution is 2.28. The van der Waals surface area contributed by atoms with Gasteiger partial charge in [-0.1, -0.05) is 24.3 Å². The summed E-state index contributed by atoms with van der Waals surface area (Å²) >= 11 is 0. The van der Waals surface area contributed by atoms with Gasteiger partial charge in [-0.05, 0) is 30.5 Å². The van der Waals surface area contributed by atoms with E-state index in [4.69, 9.17) is 4.74 Å². The van der Waals surface area contributed by atoms with Gasteiger partial charge in [-0.15, -0.1) is 0 Å². The van der Waals surface area contributed by atoms with Gasteiger partial charge in [0.25, 0.3) is 0 Å². The summed E-state index contributed by atoms with van der Waals surface area (Å²) in [6, 6.07) is 6.12. The molecule has 0 radical (unpaired) electrons. The van der Waals surface area contributed by atoms with E-state index in [1.54, 1.807) is 11.0 Å². The molecule has 2 atom stereocenters. The molecule has 2 saturated heterocycles. The lowest BCUT2D eigenvalue weighted by molar-refractivity contribution is -0.153. The summed E-state index contributed by atoms with van der Waals surface area (Å²) in [6.07, 6.45) is 5.50. The number of ether oxygens (including phenoxy) is 1. The van der Waals surface area contributed by atoms with Crippen molar-refractivity contribution >= 4 is 11.8 Å². The molecular formula is C19H21FN2O3. The molecule has 6 heteroatoms. The molecule has 1 aliphatic carbocycles. The third-order valence-electron chi connectivity index (χ3n) is 5.29. The van der Waals surface area contributed by atoms with E-state index >= 15 is 0 Å². The highest BCUT2D eigenvalue weighted by molar-refractivity contribution is 5.81. The number of amides is 2. The number of hydrogen-bond donors (Lipinski definition) is 0. The molecule has 2 fully saturated rings. The Bertz CT molecular complexity index is 712. The van der Waals surface area contributed by atoms with Crippen molar-refractivity contribution in [3.05, 3.63) is 47.8 Å². The van der Waals surface area contributed by atoms with E-state index in [2.05, 4.69) is 0 Å². The maximum absolute atomic E-state index is 13.4. The Morgan fingerprint density at radius 2 is 2.04 bits per heavy atom. The number of halogens is 1. The third kappa shape index (κ3) is 3.18. The first-order valence-corrected chi connectivity index (χ1v) is 8.71. The second-order valence-electron chi connectivity index (χ2n) is 6.95. The van der Waals surface area contributed by atoms with Crippen LogP contribution in [-0.2, 0) is 20.9 Å². The normalized spacial score (nSPS) is 26.4. The smallest absolute Gasteiger partial charge is 0.249 e. The van der Waals surface area contributed by atoms with Crippen LogP contribution in [0, 0.1) is 11.7 Å². The van der Waals surface area contributed by atoms with Gasteiger partial charge >= 0.3 is 0 Å². The fraction of sp³-hybridized carbons (Fsp3) is 0.474. The quantitative estimate of drug-likeness (QED) is 0.785. The van der Waals surface area contributed by atoms with Crippen molar-refractivity contribution in [1.29, 1.82) is 0 Å². The van der Waals surface area contributed by atoms with Crippen LogP contribution in [-0.4, -0.2) is 53.5 Å². The molecular weight excluding hydrogens is 323 g/mol. The van der Waals surface area contributed by atoms with Gasteiger partial charge in [-0.25, -0.2) is 4.39 Å². The van der Waals surface area contributed by atoms with E-state index in [9.17, 15) is 14.0 Å². The van der Waals surface area contributed by atoms with Gasteiger partial charge in [0, 0.05) is 25.6 Å². The Morgan fingerprint density at radius 3 is 2.80 bits per heavy atom. The van der Waals surface area contributed by atoms with Crippen molar-refractivity contribution in [2.24, 2.45) is 5.92 Å². The van der Waals surface area contributed by atoms with Gasteiger partial charge in [0.1, 0.15) is 12.4 Å². The molecule has 2 amide bonds. The van der Waals surface area contributed by atoms with Crippen molar-refractivity contribution in [3.8, 4) is 0 Å². The zero-order valence-electron chi connectivity index (χ0n) is 13.9. The van der Waals surface area contributed by atoms with Crippen molar-refractivity contribution in [2.75, 3.05) is 19.7 Å². The Labute approximate surface area is 146 Å². The molecule has 0 saturated carbocycles. The van der Waals surface area contributed by atoms with Crippen LogP contribution in [0.3, 0.4) is 0 Å². The summed E-state index contributed by atoms with van der Waals surface area (Å²) in [5, 5.41) is 0. The Kier molecular flexibility index (Phi) is 4.29. The highest BCUT2D eigenvalue weighted by Gasteiger charge is 2.45. The number of fused-ring (bicyclic) bond motifs is 1. The molecule has 0 unspecified atom stereocenters. The minimum Gasteiger partial charge on any atom is -0.364 e. The monoisotopic (exact) mass is 344 g/mol. The Balaban J connectivity index is 1.48. The summed E-state index contributed by atoms with van der Waals surface area (Å²) in [7, 11) is 0. The van der Waals surface area contributed by atoms with Gasteiger partial charge in [-0.2, -0.15) is 0 Å². The minimum absolute atomic E-state index is 0.0174. The molecule has 2 aliphatic heterocycles. The lowest BCUT2D eigenvalue weighted by Gasteiger charge is -2.36. The van der Waals surface area contributed by atoms with Gasteiger partial charge in [0.15, 0.2) is 0 Å². The molecule has 4 rings (SSSR count). The van der Waals surface area contributed by atoms with Crippen molar-refractivity contribution in [3.63, 3.8) is 0 Å². The molecule has 1 aromatic carbocycles. The van der Waals surface area contributed by atoms with Crippen LogP contribution in [0.15, 0.2) is 36.4 Å². The van der Waals surface area contributed by atoms with Crippen LogP contribution in [0.1, 0.15) is 18.4 Å². The number of likely N-dealkylation sites (tertiary alicyclic amines) is 1. The number of carbonyl (C=O) groups excluding carboxylic acids is 2. The van der Waals surface area contributed by atoms with Crippen LogP contribution in [0.5, 0.6) is 0 Å². The number of allylic oxidation sites excluding steroid dienone is 2. The van der Waals surface area contributed by atoms with E-state index in [0.29, 0.717) is 19.6 Å². The number of morpholine rings is 1. The fourth-order valence-corrected chi connectivity index (χ4v) is 3.96. The number of nitrogens with zero attached hydrogens (tertiary/aromatic N) is 2. The zero-order chi connectivity index (χ0) is 17.4. The van der Waals surface area contributed by atoms with Gasteiger partial charge in [-0.3, -0.25) is 9.59 Å². The average molecular weight is 344 g/mol. The standard InChI is InChI=1S/C19H21FN2O3/c20-15-7-3-4-13(8-15)9-22-16-10-21(11-17(16)25-12-18(22)23)19(24)14-5-1-2-6-14/h1-4,7-8,14,16-17H,5-6,9-12H2/t16-,17-/m1/s1. The Morgan fingerprint density at radius 1 is 1.24 bits per heavy atom. The number of hydrogen-bond acceptors (Lipinski definition) is 3. The highest BCUT2D eigenvalue weighted by atomic mass is 19.1. The van der Waals surface area contributed by atoms with Gasteiger partial charge < -0.3 is 14.5 Å². The molecule has 0 spiro atoms. The fourth-order valence-electron chi connectivity index (χ4n) is 3.96. The first kappa shape index (κ1) is 16.3. The molecule has 1 aromatic rings. The predicted molar refractivity (Wildman–Crippen MR) is 88.9 cm³/mol. The second-order valence-corrected chi connectivity index (χ2v) is 6.95. The van der Waals surface area contributed by atoms with E-state index in [1.807, 2.05) is 23.1 Å². The predicted octanol–water partition coefficient (Wildman–Crippen LogP) is 1.73. The van der Waals surface area contributed by atoms with Crippen molar-refractivity contribution < 1.29 is 18.7 Å². The van der Waals surface area contributed by atoms with Crippen molar-refractivity contribution in [2.45, 2.75) is 31.5 Å². The van der Waals surface area contributed by atoms with E-state index < -0.39 is 0 Å². The van der Waals surface area contributed by atoms with Crippen molar-refractivity contribution in [1.82, 2.24) is 9.80 Å². The summed E-state index contributed by atoms with van der Waals surface area (Å²) in [4.78, 5) is 28.6. The minimum atomic E-state index is -0.313. The number of carbonyl (C=O) groups is 2. The molecule has 3 aliphatic rings. The second kappa shape index (κ2) is 6.59. The molecule has 25 heavy (non-hydrogen) atoms. The van der Waals surface area contributed by atoms with Crippen LogP contribution in [0.25, 0.3) is 0 Å². The SMILES string of the molecule is O=C(C1CC=CC1)N1C[C@@H]2[C@@H](C1)OCC(=O)N2Cc1cccc(F)c1. The van der Waals surface area contributed by atoms with Gasteiger partial charge in [0.05, 0.1) is 12.1 Å². The van der Waals surface area contributed by atoms with E-state index in [-0.39, 0.29) is 42.3 Å². The van der Waals surface area contributed by atoms with Crippen LogP contribution >= 0.6 is 0 Å². The average Bonchev–Trinajstić information content (AvgIpc) is 3.26. The maximum atomic E-state index is 13.4. The van der Waals surface area contributed by atoms with E-state index in [1.165, 1.54) is 12.1 Å². The largest absolute Gasteiger partial charge is 0.364 e. The summed E-state index contributed by atoms with van der Waals surface area (Å²) in [5.41, 5.74) is 0.749. The number of benzene rings is 1. The maximum Gasteiger partial charge on any atom is 0.249 e. The number of rotatable bonds is 3. The molecule has 2 heterocycles. The molecule has 0 aromatic heterocycles. The van der Waals surface area contributed by atoms with Crippen LogP contribution in [0.4, 0.5) is 4.39 Å². The zero-order valence-corrected chi connectivity index (χ0v) is 13.9. The summed E-state index contributed by atoms with van der Waals surface area (Å²) in [5.74, 6) is -0.261. The summed E-state index contributed by atoms with van der Waals surface area (Å²) in [6.45, 7) is 1.37. The van der Waals surface area contributed by atoms with Gasteiger partial charge in [0.2, 0.25) is 11.8 Å². The first-order chi connectivity index (χ1) is 12.1. The van der Waals surface area contributed by atoms with Crippen LogP contribution in [0.2, 0.25) is 0 Å². The van der Waals surface area contributed by atoms with Crippen LogP contribution < -0.4 is 0 Å². The van der Waals surface area contributed by atoms with E-state index in [0.717, 1.165) is 18.4 Å². The molecule has 132 valence electrons.